The van der Waals surface area contributed by atoms with Crippen LogP contribution in [0.3, 0.4) is 0 Å². The van der Waals surface area contributed by atoms with Gasteiger partial charge >= 0.3 is 0 Å². The lowest BCUT2D eigenvalue weighted by molar-refractivity contribution is -0.856. The van der Waals surface area contributed by atoms with Crippen LogP contribution in [0.2, 0.25) is 0 Å². The third-order valence-electron chi connectivity index (χ3n) is 3.82. The normalized spacial score (nSPS) is 11.2. The molecule has 3 rings (SSSR count). The Labute approximate surface area is 129 Å². The Hall–Kier alpha value is -2.58. The van der Waals surface area contributed by atoms with E-state index in [1.165, 1.54) is 4.90 Å². The number of quaternary nitrogens is 1. The van der Waals surface area contributed by atoms with Gasteiger partial charge in [-0.15, -0.1) is 0 Å². The number of hydrogen-bond donors (Lipinski definition) is 2. The van der Waals surface area contributed by atoms with Gasteiger partial charge < -0.3 is 10.2 Å². The number of nitrogens with zero attached hydrogens (tertiary/aromatic N) is 3. The zero-order chi connectivity index (χ0) is 15.7. The first-order valence-corrected chi connectivity index (χ1v) is 7.45. The Bertz CT molecular complexity index is 870. The Morgan fingerprint density at radius 2 is 2.09 bits per heavy atom. The third-order valence-corrected chi connectivity index (χ3v) is 3.82. The van der Waals surface area contributed by atoms with Gasteiger partial charge in [0.1, 0.15) is 11.9 Å². The highest BCUT2D eigenvalue weighted by atomic mass is 15.1. The zero-order valence-electron chi connectivity index (χ0n) is 13.1. The summed E-state index contributed by atoms with van der Waals surface area (Å²) in [5.74, 6) is 0.987. The van der Waals surface area contributed by atoms with Gasteiger partial charge in [0.25, 0.3) is 0 Å². The molecular weight excluding hydrogens is 274 g/mol. The summed E-state index contributed by atoms with van der Waals surface area (Å²) in [5.41, 5.74) is 4.24. The van der Waals surface area contributed by atoms with E-state index in [2.05, 4.69) is 30.5 Å². The summed E-state index contributed by atoms with van der Waals surface area (Å²) >= 11 is 0. The number of aryl methyl sites for hydroxylation is 1. The van der Waals surface area contributed by atoms with Gasteiger partial charge in [-0.2, -0.15) is 5.26 Å². The summed E-state index contributed by atoms with van der Waals surface area (Å²) in [5, 5.41) is 12.9. The van der Waals surface area contributed by atoms with Crippen molar-refractivity contribution in [3.8, 4) is 6.07 Å². The topological polar surface area (TPSA) is 57.6 Å². The summed E-state index contributed by atoms with van der Waals surface area (Å²) < 4.78 is 2.05. The molecule has 22 heavy (non-hydrogen) atoms. The lowest BCUT2D eigenvalue weighted by Crippen LogP contribution is -3.06. The molecule has 0 amide bonds. The van der Waals surface area contributed by atoms with Crippen LogP contribution in [0.1, 0.15) is 11.1 Å². The van der Waals surface area contributed by atoms with Crippen LogP contribution in [0.4, 0.5) is 5.82 Å². The van der Waals surface area contributed by atoms with Crippen molar-refractivity contribution >= 4 is 22.5 Å². The van der Waals surface area contributed by atoms with Gasteiger partial charge in [0.15, 0.2) is 5.65 Å². The molecule has 0 radical (unpaired) electrons. The summed E-state index contributed by atoms with van der Waals surface area (Å²) in [7, 11) is 4.27. The van der Waals surface area contributed by atoms with Crippen LogP contribution in [-0.4, -0.2) is 36.6 Å². The first-order chi connectivity index (χ1) is 10.6. The second kappa shape index (κ2) is 5.66. The Morgan fingerprint density at radius 3 is 2.82 bits per heavy atom. The van der Waals surface area contributed by atoms with Crippen LogP contribution in [0.15, 0.2) is 30.3 Å². The first-order valence-electron chi connectivity index (χ1n) is 7.45. The monoisotopic (exact) mass is 294 g/mol. The molecule has 0 aliphatic carbocycles. The number of imidazole rings is 1. The largest absolute Gasteiger partial charge is 0.365 e. The van der Waals surface area contributed by atoms with Gasteiger partial charge in [-0.1, -0.05) is 12.1 Å². The first kappa shape index (κ1) is 14.4. The van der Waals surface area contributed by atoms with E-state index in [0.29, 0.717) is 5.56 Å². The lowest BCUT2D eigenvalue weighted by atomic mass is 10.1. The molecule has 0 saturated heterocycles. The molecule has 0 bridgehead atoms. The average molecular weight is 294 g/mol. The number of hydrogen-bond acceptors (Lipinski definition) is 3. The maximum Gasteiger partial charge on any atom is 0.157 e. The van der Waals surface area contributed by atoms with Crippen LogP contribution >= 0.6 is 0 Å². The molecule has 5 nitrogen and oxygen atoms in total. The number of likely N-dealkylation sites (N-methyl/N-ethyl adjacent to an activating group) is 1. The molecule has 2 heterocycles. The minimum atomic E-state index is 0.639. The molecule has 3 aromatic rings. The van der Waals surface area contributed by atoms with Crippen molar-refractivity contribution in [3.05, 3.63) is 41.5 Å². The molecule has 112 valence electrons. The highest BCUT2D eigenvalue weighted by Gasteiger charge is 2.14. The standard InChI is InChI=1S/C17H19N5/c1-12-10-16(19-8-9-21(2)3)22-15-7-5-4-6-14(15)20-17(22)13(12)11-18/h4-7,10,19H,8-9H2,1-3H3/p+1. The second-order valence-electron chi connectivity index (χ2n) is 5.84. The van der Waals surface area contributed by atoms with Crippen molar-refractivity contribution in [3.63, 3.8) is 0 Å². The molecule has 0 aliphatic rings. The molecule has 0 atom stereocenters. The molecule has 0 aliphatic heterocycles. The van der Waals surface area contributed by atoms with Gasteiger partial charge in [-0.05, 0) is 30.7 Å². The summed E-state index contributed by atoms with van der Waals surface area (Å²) in [4.78, 5) is 6.04. The van der Waals surface area contributed by atoms with E-state index in [1.807, 2.05) is 41.7 Å². The molecule has 5 heteroatoms. The van der Waals surface area contributed by atoms with Crippen molar-refractivity contribution in [2.45, 2.75) is 6.92 Å². The van der Waals surface area contributed by atoms with E-state index in [4.69, 9.17) is 0 Å². The van der Waals surface area contributed by atoms with Crippen molar-refractivity contribution in [2.24, 2.45) is 0 Å². The maximum absolute atomic E-state index is 9.45. The number of pyridine rings is 1. The van der Waals surface area contributed by atoms with Gasteiger partial charge in [-0.3, -0.25) is 4.40 Å². The second-order valence-corrected chi connectivity index (χ2v) is 5.84. The number of benzene rings is 1. The Kier molecular flexibility index (Phi) is 3.70. The molecule has 1 aromatic carbocycles. The number of nitrogens with one attached hydrogen (secondary N) is 2. The molecule has 2 aromatic heterocycles. The van der Waals surface area contributed by atoms with Crippen molar-refractivity contribution < 1.29 is 4.90 Å². The Morgan fingerprint density at radius 1 is 1.32 bits per heavy atom. The zero-order valence-corrected chi connectivity index (χ0v) is 13.1. The average Bonchev–Trinajstić information content (AvgIpc) is 2.86. The highest BCUT2D eigenvalue weighted by molar-refractivity contribution is 5.85. The summed E-state index contributed by atoms with van der Waals surface area (Å²) in [6.07, 6.45) is 0. The number of aromatic nitrogens is 2. The maximum atomic E-state index is 9.45. The predicted octanol–water partition coefficient (Wildman–Crippen LogP) is 1.22. The quantitative estimate of drug-likeness (QED) is 0.761. The molecule has 0 unspecified atom stereocenters. The van der Waals surface area contributed by atoms with Crippen LogP contribution < -0.4 is 10.2 Å². The van der Waals surface area contributed by atoms with Crippen molar-refractivity contribution in [1.29, 1.82) is 5.26 Å². The number of para-hydroxylation sites is 2. The molecule has 0 saturated carbocycles. The number of fused-ring (bicyclic) bond motifs is 3. The van der Waals surface area contributed by atoms with Crippen LogP contribution in [0.25, 0.3) is 16.7 Å². The molecule has 2 N–H and O–H groups in total. The van der Waals surface area contributed by atoms with E-state index in [1.54, 1.807) is 0 Å². The van der Waals surface area contributed by atoms with Gasteiger partial charge in [-0.25, -0.2) is 4.98 Å². The Balaban J connectivity index is 2.21. The molecular formula is C17H20N5+. The summed E-state index contributed by atoms with van der Waals surface area (Å²) in [6.45, 7) is 3.85. The van der Waals surface area contributed by atoms with Crippen LogP contribution in [-0.2, 0) is 0 Å². The van der Waals surface area contributed by atoms with Crippen molar-refractivity contribution in [1.82, 2.24) is 9.38 Å². The van der Waals surface area contributed by atoms with Gasteiger partial charge in [0.2, 0.25) is 0 Å². The van der Waals surface area contributed by atoms with Gasteiger partial charge in [0, 0.05) is 0 Å². The number of rotatable bonds is 4. The lowest BCUT2D eigenvalue weighted by Gasteiger charge is -2.13. The smallest absolute Gasteiger partial charge is 0.157 e. The van der Waals surface area contributed by atoms with Crippen LogP contribution in [0, 0.1) is 18.3 Å². The fourth-order valence-corrected chi connectivity index (χ4v) is 2.66. The SMILES string of the molecule is Cc1cc(NCC[NH+](C)C)n2c(nc3ccccc32)c1C#N. The minimum Gasteiger partial charge on any atom is -0.365 e. The van der Waals surface area contributed by atoms with E-state index in [0.717, 1.165) is 41.2 Å². The fraction of sp³-hybridized carbons (Fsp3) is 0.294. The minimum absolute atomic E-state index is 0.639. The predicted molar refractivity (Wildman–Crippen MR) is 88.3 cm³/mol. The number of nitriles is 1. The third kappa shape index (κ3) is 2.38. The van der Waals surface area contributed by atoms with E-state index >= 15 is 0 Å². The molecule has 0 fully saturated rings. The van der Waals surface area contributed by atoms with Gasteiger partial charge in [0.05, 0.1) is 43.8 Å². The highest BCUT2D eigenvalue weighted by Crippen LogP contribution is 2.26. The van der Waals surface area contributed by atoms with E-state index in [9.17, 15) is 5.26 Å². The molecule has 0 spiro atoms. The number of anilines is 1. The van der Waals surface area contributed by atoms with Crippen molar-refractivity contribution in [2.75, 3.05) is 32.5 Å². The fourth-order valence-electron chi connectivity index (χ4n) is 2.66. The van der Waals surface area contributed by atoms with Crippen LogP contribution in [0.5, 0.6) is 0 Å². The van der Waals surface area contributed by atoms with E-state index < -0.39 is 0 Å². The summed E-state index contributed by atoms with van der Waals surface area (Å²) in [6, 6.07) is 12.3. The van der Waals surface area contributed by atoms with E-state index in [-0.39, 0.29) is 0 Å².